The lowest BCUT2D eigenvalue weighted by molar-refractivity contribution is 0.296. The smallest absolute Gasteiger partial charge is 0.236 e. The van der Waals surface area contributed by atoms with E-state index in [-0.39, 0.29) is 0 Å². The van der Waals surface area contributed by atoms with E-state index in [1.165, 1.54) is 5.41 Å². The maximum Gasteiger partial charge on any atom is 0.236 e. The van der Waals surface area contributed by atoms with Gasteiger partial charge in [0.25, 0.3) is 0 Å². The number of rotatable bonds is 6. The maximum atomic E-state index is 12.4. The van der Waals surface area contributed by atoms with E-state index in [9.17, 15) is 8.42 Å². The molecule has 0 bridgehead atoms. The molecule has 0 saturated carbocycles. The fourth-order valence-corrected chi connectivity index (χ4v) is 3.86. The van der Waals surface area contributed by atoms with Crippen molar-refractivity contribution < 1.29 is 8.42 Å². The van der Waals surface area contributed by atoms with Gasteiger partial charge in [-0.25, -0.2) is 8.42 Å². The minimum Gasteiger partial charge on any atom is -0.317 e. The highest BCUT2D eigenvalue weighted by molar-refractivity contribution is 7.92. The van der Waals surface area contributed by atoms with E-state index in [2.05, 4.69) is 5.32 Å². The number of hydrogen-bond acceptors (Lipinski definition) is 3. The predicted molar refractivity (Wildman–Crippen MR) is 87.2 cm³/mol. The van der Waals surface area contributed by atoms with Crippen molar-refractivity contribution in [2.75, 3.05) is 26.2 Å². The third kappa shape index (κ3) is 4.95. The van der Waals surface area contributed by atoms with Gasteiger partial charge in [0.1, 0.15) is 0 Å². The van der Waals surface area contributed by atoms with Crippen LogP contribution >= 0.6 is 0 Å². The Labute approximate surface area is 127 Å². The molecule has 2 rings (SSSR count). The normalized spacial score (nSPS) is 17.6. The summed E-state index contributed by atoms with van der Waals surface area (Å²) in [5.41, 5.74) is 0.902. The predicted octanol–water partition coefficient (Wildman–Crippen LogP) is 2.31. The molecule has 1 aliphatic heterocycles. The number of nitrogens with one attached hydrogen (secondary N) is 1. The molecule has 0 amide bonds. The number of nitrogens with zero attached hydrogens (tertiary/aromatic N) is 1. The largest absolute Gasteiger partial charge is 0.317 e. The van der Waals surface area contributed by atoms with Gasteiger partial charge < -0.3 is 5.32 Å². The van der Waals surface area contributed by atoms with Crippen molar-refractivity contribution in [1.82, 2.24) is 9.62 Å². The monoisotopic (exact) mass is 308 g/mol. The molecule has 1 aromatic carbocycles. The van der Waals surface area contributed by atoms with Crippen LogP contribution in [0.3, 0.4) is 0 Å². The summed E-state index contributed by atoms with van der Waals surface area (Å²) >= 11 is 0. The Hall–Kier alpha value is -1.17. The first-order valence-corrected chi connectivity index (χ1v) is 9.06. The Morgan fingerprint density at radius 1 is 1.24 bits per heavy atom. The van der Waals surface area contributed by atoms with Gasteiger partial charge in [0.15, 0.2) is 0 Å². The van der Waals surface area contributed by atoms with Gasteiger partial charge in [-0.2, -0.15) is 4.31 Å². The van der Waals surface area contributed by atoms with Crippen LogP contribution in [0.25, 0.3) is 6.08 Å². The molecule has 0 unspecified atom stereocenters. The molecule has 21 heavy (non-hydrogen) atoms. The van der Waals surface area contributed by atoms with Gasteiger partial charge in [-0.1, -0.05) is 37.3 Å². The first-order chi connectivity index (χ1) is 10.1. The molecular formula is C16H24N2O2S. The van der Waals surface area contributed by atoms with Crippen LogP contribution in [-0.2, 0) is 10.0 Å². The molecule has 5 heteroatoms. The van der Waals surface area contributed by atoms with Gasteiger partial charge in [-0.3, -0.25) is 0 Å². The highest BCUT2D eigenvalue weighted by Crippen LogP contribution is 2.16. The molecule has 0 aliphatic carbocycles. The summed E-state index contributed by atoms with van der Waals surface area (Å²) in [5.74, 6) is 0.464. The fraction of sp³-hybridized carbons (Fsp3) is 0.500. The molecule has 0 spiro atoms. The van der Waals surface area contributed by atoms with Crippen molar-refractivity contribution in [3.63, 3.8) is 0 Å². The third-order valence-corrected chi connectivity index (χ3v) is 5.47. The zero-order valence-corrected chi connectivity index (χ0v) is 13.3. The lowest BCUT2D eigenvalue weighted by Crippen LogP contribution is -2.38. The SMILES string of the molecule is CCN(CC1CCNCC1)S(=O)(=O)C=Cc1ccccc1. The number of hydrogen-bond donors (Lipinski definition) is 1. The molecule has 1 N–H and O–H groups in total. The molecule has 0 atom stereocenters. The van der Waals surface area contributed by atoms with E-state index in [1.807, 2.05) is 37.3 Å². The standard InChI is InChI=1S/C16H24N2O2S/c1-2-18(14-16-8-11-17-12-9-16)21(19,20)13-10-15-6-4-3-5-7-15/h3-7,10,13,16-17H,2,8-9,11-12,14H2,1H3. The van der Waals surface area contributed by atoms with Crippen LogP contribution < -0.4 is 5.32 Å². The van der Waals surface area contributed by atoms with E-state index in [1.54, 1.807) is 10.4 Å². The van der Waals surface area contributed by atoms with Gasteiger partial charge in [0.05, 0.1) is 0 Å². The van der Waals surface area contributed by atoms with Gasteiger partial charge in [-0.15, -0.1) is 0 Å². The summed E-state index contributed by atoms with van der Waals surface area (Å²) < 4.78 is 26.5. The highest BCUT2D eigenvalue weighted by Gasteiger charge is 2.22. The lowest BCUT2D eigenvalue weighted by atomic mass is 9.98. The van der Waals surface area contributed by atoms with Crippen LogP contribution in [0.15, 0.2) is 35.7 Å². The Kier molecular flexibility index (Phi) is 5.96. The molecule has 116 valence electrons. The number of piperidine rings is 1. The zero-order chi connectivity index (χ0) is 15.1. The topological polar surface area (TPSA) is 49.4 Å². The van der Waals surface area contributed by atoms with Gasteiger partial charge >= 0.3 is 0 Å². The van der Waals surface area contributed by atoms with Gasteiger partial charge in [0, 0.05) is 18.5 Å². The van der Waals surface area contributed by atoms with E-state index in [0.717, 1.165) is 31.5 Å². The molecule has 1 heterocycles. The van der Waals surface area contributed by atoms with Crippen LogP contribution in [0.4, 0.5) is 0 Å². The molecule has 1 aromatic rings. The quantitative estimate of drug-likeness (QED) is 0.877. The molecule has 0 radical (unpaired) electrons. The summed E-state index contributed by atoms with van der Waals surface area (Å²) in [4.78, 5) is 0. The van der Waals surface area contributed by atoms with E-state index in [4.69, 9.17) is 0 Å². The van der Waals surface area contributed by atoms with Crippen LogP contribution in [0.2, 0.25) is 0 Å². The third-order valence-electron chi connectivity index (χ3n) is 3.87. The Morgan fingerprint density at radius 3 is 2.52 bits per heavy atom. The van der Waals surface area contributed by atoms with Crippen LogP contribution in [0.5, 0.6) is 0 Å². The van der Waals surface area contributed by atoms with Crippen molar-refractivity contribution >= 4 is 16.1 Å². The fourth-order valence-electron chi connectivity index (χ4n) is 2.58. The lowest BCUT2D eigenvalue weighted by Gasteiger charge is -2.28. The minimum absolute atomic E-state index is 0.464. The molecule has 0 aromatic heterocycles. The van der Waals surface area contributed by atoms with Crippen LogP contribution in [0, 0.1) is 5.92 Å². The van der Waals surface area contributed by atoms with Crippen molar-refractivity contribution in [2.45, 2.75) is 19.8 Å². The van der Waals surface area contributed by atoms with Crippen LogP contribution in [0.1, 0.15) is 25.3 Å². The second-order valence-electron chi connectivity index (χ2n) is 5.40. The van der Waals surface area contributed by atoms with Gasteiger partial charge in [0.2, 0.25) is 10.0 Å². The van der Waals surface area contributed by atoms with E-state index >= 15 is 0 Å². The summed E-state index contributed by atoms with van der Waals surface area (Å²) in [7, 11) is -3.34. The Morgan fingerprint density at radius 2 is 1.90 bits per heavy atom. The highest BCUT2D eigenvalue weighted by atomic mass is 32.2. The maximum absolute atomic E-state index is 12.4. The van der Waals surface area contributed by atoms with Crippen molar-refractivity contribution in [1.29, 1.82) is 0 Å². The summed E-state index contributed by atoms with van der Waals surface area (Å²) in [6, 6.07) is 9.52. The second-order valence-corrected chi connectivity index (χ2v) is 7.22. The van der Waals surface area contributed by atoms with Crippen molar-refractivity contribution in [3.05, 3.63) is 41.3 Å². The van der Waals surface area contributed by atoms with Crippen molar-refractivity contribution in [3.8, 4) is 0 Å². The first kappa shape index (κ1) is 16.2. The average molecular weight is 308 g/mol. The first-order valence-electron chi connectivity index (χ1n) is 7.56. The van der Waals surface area contributed by atoms with Gasteiger partial charge in [-0.05, 0) is 43.5 Å². The Bertz CT molecular complexity index is 549. The van der Waals surface area contributed by atoms with E-state index in [0.29, 0.717) is 19.0 Å². The van der Waals surface area contributed by atoms with E-state index < -0.39 is 10.0 Å². The number of benzene rings is 1. The molecule has 1 saturated heterocycles. The summed E-state index contributed by atoms with van der Waals surface area (Å²) in [5, 5.41) is 4.64. The van der Waals surface area contributed by atoms with Crippen molar-refractivity contribution in [2.24, 2.45) is 5.92 Å². The molecule has 4 nitrogen and oxygen atoms in total. The molecule has 1 fully saturated rings. The summed E-state index contributed by atoms with van der Waals surface area (Å²) in [6.07, 6.45) is 3.77. The molecular weight excluding hydrogens is 284 g/mol. The van der Waals surface area contributed by atoms with Crippen LogP contribution in [-0.4, -0.2) is 38.9 Å². The second kappa shape index (κ2) is 7.73. The zero-order valence-electron chi connectivity index (χ0n) is 12.5. The Balaban J connectivity index is 2.03. The summed E-state index contributed by atoms with van der Waals surface area (Å²) in [6.45, 7) is 5.02. The average Bonchev–Trinajstić information content (AvgIpc) is 2.52. The number of sulfonamides is 1. The minimum atomic E-state index is -3.34. The molecule has 1 aliphatic rings.